The third kappa shape index (κ3) is 3.49. The average molecular weight is 384 g/mol. The van der Waals surface area contributed by atoms with Crippen molar-refractivity contribution >= 4 is 23.4 Å². The van der Waals surface area contributed by atoms with Gasteiger partial charge in [0.2, 0.25) is 0 Å². The number of halogens is 1. The fourth-order valence-corrected chi connectivity index (χ4v) is 3.46. The number of benzene rings is 1. The molecule has 0 amide bonds. The number of thioether (sulfide) groups is 1. The summed E-state index contributed by atoms with van der Waals surface area (Å²) in [5.41, 5.74) is 2.74. The first kappa shape index (κ1) is 16.8. The van der Waals surface area contributed by atoms with E-state index in [9.17, 15) is 0 Å². The summed E-state index contributed by atoms with van der Waals surface area (Å²) in [5, 5.41) is 14.2. The summed E-state index contributed by atoms with van der Waals surface area (Å²) in [6.07, 6.45) is 3.47. The zero-order valence-electron chi connectivity index (χ0n) is 13.8. The molecule has 0 N–H and O–H groups in total. The van der Waals surface area contributed by atoms with Gasteiger partial charge in [-0.1, -0.05) is 28.5 Å². The molecule has 8 heteroatoms. The van der Waals surface area contributed by atoms with Crippen LogP contribution in [0.5, 0.6) is 0 Å². The van der Waals surface area contributed by atoms with Gasteiger partial charge >= 0.3 is 0 Å². The standard InChI is InChI=1S/C18H14ClN5OS/c1-12-10-15(23-25-12)11-26-18-22-21-17(13-6-8-20-9-7-13)24(18)16-4-2-14(19)3-5-16/h2-10H,11H2,1H3. The van der Waals surface area contributed by atoms with Gasteiger partial charge in [-0.2, -0.15) is 0 Å². The van der Waals surface area contributed by atoms with Crippen molar-refractivity contribution in [2.45, 2.75) is 17.8 Å². The summed E-state index contributed by atoms with van der Waals surface area (Å²) in [5.74, 6) is 2.17. The normalized spacial score (nSPS) is 11.0. The van der Waals surface area contributed by atoms with Gasteiger partial charge in [0.05, 0.1) is 5.69 Å². The largest absolute Gasteiger partial charge is 0.361 e. The van der Waals surface area contributed by atoms with Crippen molar-refractivity contribution in [1.82, 2.24) is 24.9 Å². The van der Waals surface area contributed by atoms with Crippen molar-refractivity contribution < 1.29 is 4.52 Å². The first-order valence-corrected chi connectivity index (χ1v) is 9.24. The number of aromatic nitrogens is 5. The molecule has 4 aromatic rings. The zero-order valence-corrected chi connectivity index (χ0v) is 15.4. The summed E-state index contributed by atoms with van der Waals surface area (Å²) in [7, 11) is 0. The summed E-state index contributed by atoms with van der Waals surface area (Å²) < 4.78 is 7.13. The highest BCUT2D eigenvalue weighted by atomic mass is 35.5. The van der Waals surface area contributed by atoms with Crippen molar-refractivity contribution in [3.05, 3.63) is 71.3 Å². The van der Waals surface area contributed by atoms with Crippen LogP contribution in [-0.4, -0.2) is 24.9 Å². The van der Waals surface area contributed by atoms with E-state index in [4.69, 9.17) is 16.1 Å². The molecule has 3 heterocycles. The SMILES string of the molecule is Cc1cc(CSc2nnc(-c3ccncc3)n2-c2ccc(Cl)cc2)no1. The molecule has 0 aliphatic rings. The van der Waals surface area contributed by atoms with E-state index >= 15 is 0 Å². The van der Waals surface area contributed by atoms with Gasteiger partial charge in [0, 0.05) is 40.5 Å². The van der Waals surface area contributed by atoms with Crippen molar-refractivity contribution in [3.8, 4) is 17.1 Å². The van der Waals surface area contributed by atoms with Crippen LogP contribution in [0.15, 0.2) is 64.5 Å². The Morgan fingerprint density at radius 1 is 1.08 bits per heavy atom. The molecule has 0 radical (unpaired) electrons. The minimum absolute atomic E-state index is 0.638. The van der Waals surface area contributed by atoms with Crippen LogP contribution in [0.1, 0.15) is 11.5 Å². The van der Waals surface area contributed by atoms with Crippen molar-refractivity contribution in [1.29, 1.82) is 0 Å². The minimum Gasteiger partial charge on any atom is -0.361 e. The summed E-state index contributed by atoms with van der Waals surface area (Å²) in [4.78, 5) is 4.07. The molecule has 0 bridgehead atoms. The number of pyridine rings is 1. The zero-order chi connectivity index (χ0) is 17.9. The highest BCUT2D eigenvalue weighted by Crippen LogP contribution is 2.29. The Hall–Kier alpha value is -2.64. The second-order valence-corrected chi connectivity index (χ2v) is 6.95. The second kappa shape index (κ2) is 7.31. The lowest BCUT2D eigenvalue weighted by Crippen LogP contribution is -1.99. The lowest BCUT2D eigenvalue weighted by molar-refractivity contribution is 0.393. The van der Waals surface area contributed by atoms with Gasteiger partial charge in [-0.25, -0.2) is 0 Å². The third-order valence-corrected chi connectivity index (χ3v) is 4.90. The Balaban J connectivity index is 1.73. The molecule has 3 aromatic heterocycles. The van der Waals surface area contributed by atoms with Crippen LogP contribution < -0.4 is 0 Å². The molecule has 0 aliphatic carbocycles. The molecule has 4 rings (SSSR count). The van der Waals surface area contributed by atoms with Crippen LogP contribution in [0.4, 0.5) is 0 Å². The predicted octanol–water partition coefficient (Wildman–Crippen LogP) is 4.57. The van der Waals surface area contributed by atoms with Crippen LogP contribution in [-0.2, 0) is 5.75 Å². The Bertz CT molecular complexity index is 1010. The monoisotopic (exact) mass is 383 g/mol. The van der Waals surface area contributed by atoms with Gasteiger partial charge in [-0.3, -0.25) is 9.55 Å². The molecule has 0 saturated heterocycles. The predicted molar refractivity (Wildman–Crippen MR) is 100 cm³/mol. The number of hydrogen-bond acceptors (Lipinski definition) is 6. The van der Waals surface area contributed by atoms with E-state index in [-0.39, 0.29) is 0 Å². The summed E-state index contributed by atoms with van der Waals surface area (Å²) in [6.45, 7) is 1.87. The molecule has 0 aliphatic heterocycles. The van der Waals surface area contributed by atoms with E-state index in [0.29, 0.717) is 10.8 Å². The first-order chi connectivity index (χ1) is 12.7. The smallest absolute Gasteiger partial charge is 0.196 e. The van der Waals surface area contributed by atoms with Gasteiger partial charge in [0.1, 0.15) is 5.76 Å². The number of nitrogens with zero attached hydrogens (tertiary/aromatic N) is 5. The fraction of sp³-hybridized carbons (Fsp3) is 0.111. The second-order valence-electron chi connectivity index (χ2n) is 5.57. The quantitative estimate of drug-likeness (QED) is 0.470. The van der Waals surface area contributed by atoms with E-state index in [1.54, 1.807) is 24.2 Å². The van der Waals surface area contributed by atoms with Crippen LogP contribution in [0.25, 0.3) is 17.1 Å². The molecule has 0 unspecified atom stereocenters. The maximum Gasteiger partial charge on any atom is 0.196 e. The van der Waals surface area contributed by atoms with Crippen molar-refractivity contribution in [2.75, 3.05) is 0 Å². The maximum atomic E-state index is 6.04. The van der Waals surface area contributed by atoms with E-state index in [2.05, 4.69) is 20.3 Å². The lowest BCUT2D eigenvalue weighted by Gasteiger charge is -2.10. The van der Waals surface area contributed by atoms with Gasteiger partial charge in [0.15, 0.2) is 11.0 Å². The number of aryl methyl sites for hydroxylation is 1. The highest BCUT2D eigenvalue weighted by molar-refractivity contribution is 7.98. The van der Waals surface area contributed by atoms with Gasteiger partial charge in [-0.05, 0) is 43.3 Å². The Morgan fingerprint density at radius 2 is 1.85 bits per heavy atom. The maximum absolute atomic E-state index is 6.04. The molecule has 0 spiro atoms. The van der Waals surface area contributed by atoms with Crippen molar-refractivity contribution in [3.63, 3.8) is 0 Å². The molecule has 1 aromatic carbocycles. The molecule has 26 heavy (non-hydrogen) atoms. The lowest BCUT2D eigenvalue weighted by atomic mass is 10.2. The number of hydrogen-bond donors (Lipinski definition) is 0. The minimum atomic E-state index is 0.638. The molecule has 130 valence electrons. The van der Waals surface area contributed by atoms with Crippen LogP contribution in [0, 0.1) is 6.92 Å². The summed E-state index contributed by atoms with van der Waals surface area (Å²) >= 11 is 7.59. The topological polar surface area (TPSA) is 69.6 Å². The Labute approximate surface area is 159 Å². The van der Waals surface area contributed by atoms with Gasteiger partial charge in [0.25, 0.3) is 0 Å². The van der Waals surface area contributed by atoms with Crippen molar-refractivity contribution in [2.24, 2.45) is 0 Å². The van der Waals surface area contributed by atoms with Crippen LogP contribution >= 0.6 is 23.4 Å². The molecule has 0 atom stereocenters. The van der Waals surface area contributed by atoms with E-state index < -0.39 is 0 Å². The van der Waals surface area contributed by atoms with Gasteiger partial charge in [-0.15, -0.1) is 10.2 Å². The Kier molecular flexibility index (Phi) is 4.73. The Morgan fingerprint density at radius 3 is 2.54 bits per heavy atom. The molecule has 6 nitrogen and oxygen atoms in total. The molecular weight excluding hydrogens is 370 g/mol. The van der Waals surface area contributed by atoms with E-state index in [0.717, 1.165) is 33.7 Å². The van der Waals surface area contributed by atoms with Gasteiger partial charge < -0.3 is 4.52 Å². The third-order valence-electron chi connectivity index (χ3n) is 3.68. The number of rotatable bonds is 5. The molecular formula is C18H14ClN5OS. The van der Waals surface area contributed by atoms with E-state index in [1.807, 2.05) is 54.0 Å². The summed E-state index contributed by atoms with van der Waals surface area (Å²) in [6, 6.07) is 13.3. The average Bonchev–Trinajstić information content (AvgIpc) is 3.27. The van der Waals surface area contributed by atoms with Crippen LogP contribution in [0.3, 0.4) is 0 Å². The fourth-order valence-electron chi connectivity index (χ4n) is 2.50. The molecule has 0 saturated carbocycles. The molecule has 0 fully saturated rings. The van der Waals surface area contributed by atoms with E-state index in [1.165, 1.54) is 0 Å². The highest BCUT2D eigenvalue weighted by Gasteiger charge is 2.17. The van der Waals surface area contributed by atoms with Crippen LogP contribution in [0.2, 0.25) is 5.02 Å². The first-order valence-electron chi connectivity index (χ1n) is 7.87.